The van der Waals surface area contributed by atoms with Gasteiger partial charge in [0.25, 0.3) is 0 Å². The molecule has 10 heavy (non-hydrogen) atoms. The van der Waals surface area contributed by atoms with Crippen molar-refractivity contribution in [2.24, 2.45) is 5.73 Å². The molecule has 4 N–H and O–H groups in total. The topological polar surface area (TPSA) is 64.9 Å². The highest BCUT2D eigenvalue weighted by molar-refractivity contribution is 7.15. The molecule has 4 heteroatoms. The molecule has 0 aromatic carbocycles. The minimum Gasteiger partial charge on any atom is -0.389 e. The average Bonchev–Trinajstić information content (AvgIpc) is 2.31. The minimum atomic E-state index is 0.722. The van der Waals surface area contributed by atoms with Gasteiger partial charge >= 0.3 is 0 Å². The summed E-state index contributed by atoms with van der Waals surface area (Å²) in [4.78, 5) is 4.09. The van der Waals surface area contributed by atoms with Gasteiger partial charge in [0.15, 0.2) is 0 Å². The van der Waals surface area contributed by atoms with Crippen molar-refractivity contribution in [1.29, 1.82) is 0 Å². The molecule has 0 saturated heterocycles. The molecular weight excluding hydrogens is 146 g/mol. The minimum absolute atomic E-state index is 0.722. The number of rotatable bonds is 3. The van der Waals surface area contributed by atoms with Crippen LogP contribution in [0.3, 0.4) is 0 Å². The van der Waals surface area contributed by atoms with Crippen LogP contribution in [0.2, 0.25) is 0 Å². The predicted molar refractivity (Wildman–Crippen MR) is 43.9 cm³/mol. The molecule has 0 spiro atoms. The molecule has 0 atom stereocenters. The number of hydrogen-bond acceptors (Lipinski definition) is 4. The Kier molecular flexibility index (Phi) is 2.65. The van der Waals surface area contributed by atoms with Crippen molar-refractivity contribution in [3.8, 4) is 0 Å². The zero-order chi connectivity index (χ0) is 7.40. The van der Waals surface area contributed by atoms with Crippen molar-refractivity contribution in [1.82, 2.24) is 4.98 Å². The van der Waals surface area contributed by atoms with Crippen molar-refractivity contribution in [3.05, 3.63) is 11.2 Å². The molecule has 0 saturated carbocycles. The Labute approximate surface area is 64.1 Å². The highest BCUT2D eigenvalue weighted by Gasteiger charge is 1.96. The summed E-state index contributed by atoms with van der Waals surface area (Å²) >= 11 is 1.54. The lowest BCUT2D eigenvalue weighted by atomic mass is 10.3. The fourth-order valence-corrected chi connectivity index (χ4v) is 1.42. The molecule has 0 bridgehead atoms. The largest absolute Gasteiger partial charge is 0.389 e. The van der Waals surface area contributed by atoms with Gasteiger partial charge in [-0.3, -0.25) is 0 Å². The lowest BCUT2D eigenvalue weighted by Gasteiger charge is -1.89. The Morgan fingerprint density at radius 1 is 1.60 bits per heavy atom. The van der Waals surface area contributed by atoms with Crippen molar-refractivity contribution in [2.75, 3.05) is 12.3 Å². The third-order valence-corrected chi connectivity index (χ3v) is 2.05. The van der Waals surface area contributed by atoms with E-state index in [0.717, 1.165) is 29.4 Å². The monoisotopic (exact) mass is 157 g/mol. The molecular formula is C6H11N3S. The van der Waals surface area contributed by atoms with Gasteiger partial charge in [0, 0.05) is 6.42 Å². The second-order valence-electron chi connectivity index (χ2n) is 2.05. The summed E-state index contributed by atoms with van der Waals surface area (Å²) in [6.07, 6.45) is 3.64. The Morgan fingerprint density at radius 2 is 2.40 bits per heavy atom. The summed E-state index contributed by atoms with van der Waals surface area (Å²) in [5.74, 6) is 0. The van der Waals surface area contributed by atoms with Gasteiger partial charge in [-0.1, -0.05) is 0 Å². The van der Waals surface area contributed by atoms with Gasteiger partial charge in [-0.2, -0.15) is 0 Å². The highest BCUT2D eigenvalue weighted by atomic mass is 32.1. The van der Waals surface area contributed by atoms with E-state index in [0.29, 0.717) is 0 Å². The van der Waals surface area contributed by atoms with E-state index in [1.165, 1.54) is 11.3 Å². The first kappa shape index (κ1) is 7.50. The smallest absolute Gasteiger partial charge is 0.106 e. The number of nitrogens with two attached hydrogens (primary N) is 2. The van der Waals surface area contributed by atoms with Gasteiger partial charge in [-0.25, -0.2) is 4.98 Å². The van der Waals surface area contributed by atoms with Crippen molar-refractivity contribution in [2.45, 2.75) is 12.8 Å². The fraction of sp³-hybridized carbons (Fsp3) is 0.500. The lowest BCUT2D eigenvalue weighted by molar-refractivity contribution is 0.826. The van der Waals surface area contributed by atoms with E-state index in [1.807, 2.05) is 0 Å². The molecule has 1 heterocycles. The maximum atomic E-state index is 5.48. The van der Waals surface area contributed by atoms with Crippen LogP contribution < -0.4 is 11.5 Å². The van der Waals surface area contributed by atoms with Gasteiger partial charge in [0.05, 0.1) is 11.2 Å². The van der Waals surface area contributed by atoms with E-state index in [1.54, 1.807) is 6.20 Å². The lowest BCUT2D eigenvalue weighted by Crippen LogP contribution is -1.99. The molecule has 1 aromatic heterocycles. The normalized spacial score (nSPS) is 10.1. The number of anilines is 1. The molecule has 0 amide bonds. The summed E-state index contributed by atoms with van der Waals surface area (Å²) < 4.78 is 0. The maximum absolute atomic E-state index is 5.48. The van der Waals surface area contributed by atoms with Gasteiger partial charge < -0.3 is 11.5 Å². The number of thiazole rings is 1. The molecule has 0 aliphatic rings. The Morgan fingerprint density at radius 3 is 2.90 bits per heavy atom. The molecule has 1 rings (SSSR count). The fourth-order valence-electron chi connectivity index (χ4n) is 0.693. The molecule has 0 aliphatic carbocycles. The molecule has 3 nitrogen and oxygen atoms in total. The van der Waals surface area contributed by atoms with E-state index >= 15 is 0 Å². The van der Waals surface area contributed by atoms with Gasteiger partial charge in [0.2, 0.25) is 0 Å². The summed E-state index contributed by atoms with van der Waals surface area (Å²) in [7, 11) is 0. The van der Waals surface area contributed by atoms with Crippen LogP contribution in [0.1, 0.15) is 11.4 Å². The zero-order valence-electron chi connectivity index (χ0n) is 5.71. The van der Waals surface area contributed by atoms with Gasteiger partial charge in [-0.05, 0) is 13.0 Å². The zero-order valence-corrected chi connectivity index (χ0v) is 6.53. The molecule has 0 radical (unpaired) electrons. The van der Waals surface area contributed by atoms with E-state index in [-0.39, 0.29) is 0 Å². The summed E-state index contributed by atoms with van der Waals surface area (Å²) in [5, 5.41) is 1.87. The number of aromatic nitrogens is 1. The Bertz CT molecular complexity index is 197. The van der Waals surface area contributed by atoms with E-state index in [4.69, 9.17) is 11.5 Å². The molecule has 0 fully saturated rings. The second kappa shape index (κ2) is 3.53. The van der Waals surface area contributed by atoms with Crippen LogP contribution in [0.5, 0.6) is 0 Å². The van der Waals surface area contributed by atoms with E-state index in [9.17, 15) is 0 Å². The highest BCUT2D eigenvalue weighted by Crippen LogP contribution is 2.15. The third kappa shape index (κ3) is 1.97. The van der Waals surface area contributed by atoms with Crippen molar-refractivity contribution < 1.29 is 0 Å². The predicted octanol–water partition coefficient (Wildman–Crippen LogP) is 0.617. The van der Waals surface area contributed by atoms with Crippen LogP contribution >= 0.6 is 11.3 Å². The summed E-state index contributed by atoms with van der Waals surface area (Å²) in [6.45, 7) is 0.722. The summed E-state index contributed by atoms with van der Waals surface area (Å²) in [6, 6.07) is 0. The third-order valence-electron chi connectivity index (χ3n) is 1.17. The average molecular weight is 157 g/mol. The van der Waals surface area contributed by atoms with Gasteiger partial charge in [-0.15, -0.1) is 11.3 Å². The first-order valence-corrected chi connectivity index (χ1v) is 4.05. The maximum Gasteiger partial charge on any atom is 0.106 e. The van der Waals surface area contributed by atoms with Crippen LogP contribution in [0, 0.1) is 0 Å². The van der Waals surface area contributed by atoms with Crippen LogP contribution in [-0.2, 0) is 6.42 Å². The molecule has 0 unspecified atom stereocenters. The first-order valence-electron chi connectivity index (χ1n) is 3.23. The number of aryl methyl sites for hydroxylation is 1. The van der Waals surface area contributed by atoms with Crippen LogP contribution in [0.4, 0.5) is 5.00 Å². The van der Waals surface area contributed by atoms with E-state index in [2.05, 4.69) is 4.98 Å². The number of nitrogens with zero attached hydrogens (tertiary/aromatic N) is 1. The standard InChI is InChI=1S/C6H11N3S/c7-3-1-2-6-9-4-5(8)10-6/h4H,1-3,7-8H2. The number of hydrogen-bond donors (Lipinski definition) is 2. The van der Waals surface area contributed by atoms with E-state index < -0.39 is 0 Å². The quantitative estimate of drug-likeness (QED) is 0.676. The first-order chi connectivity index (χ1) is 4.83. The Hall–Kier alpha value is -0.610. The molecule has 0 aliphatic heterocycles. The molecule has 1 aromatic rings. The molecule has 56 valence electrons. The Balaban J connectivity index is 2.42. The van der Waals surface area contributed by atoms with Crippen LogP contribution in [0.15, 0.2) is 6.20 Å². The summed E-state index contributed by atoms with van der Waals surface area (Å²) in [5.41, 5.74) is 10.8. The van der Waals surface area contributed by atoms with Crippen LogP contribution in [0.25, 0.3) is 0 Å². The number of nitrogen functional groups attached to an aromatic ring is 1. The second-order valence-corrected chi connectivity index (χ2v) is 3.20. The van der Waals surface area contributed by atoms with Crippen molar-refractivity contribution >= 4 is 16.3 Å². The van der Waals surface area contributed by atoms with Gasteiger partial charge in [0.1, 0.15) is 5.00 Å². The van der Waals surface area contributed by atoms with Crippen LogP contribution in [-0.4, -0.2) is 11.5 Å². The van der Waals surface area contributed by atoms with Crippen molar-refractivity contribution in [3.63, 3.8) is 0 Å². The SMILES string of the molecule is NCCCc1ncc(N)s1.